The van der Waals surface area contributed by atoms with E-state index in [1.807, 2.05) is 0 Å². The van der Waals surface area contributed by atoms with Crippen LogP contribution in [-0.4, -0.2) is 58.8 Å². The summed E-state index contributed by atoms with van der Waals surface area (Å²) in [6, 6.07) is 1.77. The molecule has 1 N–H and O–H groups in total. The summed E-state index contributed by atoms with van der Waals surface area (Å²) in [6.45, 7) is 4.34. The average Bonchev–Trinajstić information content (AvgIpc) is 3.37. The third-order valence-corrected chi connectivity index (χ3v) is 6.42. The van der Waals surface area contributed by atoms with Gasteiger partial charge in [-0.25, -0.2) is 0 Å². The molecule has 26 heavy (non-hydrogen) atoms. The summed E-state index contributed by atoms with van der Waals surface area (Å²) in [5.74, 6) is 1.93. The van der Waals surface area contributed by atoms with Gasteiger partial charge >= 0.3 is 0 Å². The molecule has 1 aliphatic heterocycles. The van der Waals surface area contributed by atoms with E-state index in [1.165, 1.54) is 30.4 Å². The van der Waals surface area contributed by atoms with Crippen molar-refractivity contribution in [2.75, 3.05) is 26.3 Å². The van der Waals surface area contributed by atoms with Crippen LogP contribution in [0.25, 0.3) is 0 Å². The molecule has 2 saturated carbocycles. The molecule has 7 heteroatoms. The predicted molar refractivity (Wildman–Crippen MR) is 95.8 cm³/mol. The third kappa shape index (κ3) is 3.24. The van der Waals surface area contributed by atoms with Gasteiger partial charge in [-0.05, 0) is 43.9 Å². The summed E-state index contributed by atoms with van der Waals surface area (Å²) in [7, 11) is 1.72. The Bertz CT molecular complexity index is 695. The lowest BCUT2D eigenvalue weighted by Gasteiger charge is -2.28. The Kier molecular flexibility index (Phi) is 4.73. The Balaban J connectivity index is 1.41. The van der Waals surface area contributed by atoms with E-state index in [4.69, 9.17) is 4.74 Å². The number of ether oxygens (including phenoxy) is 1. The first kappa shape index (κ1) is 17.5. The van der Waals surface area contributed by atoms with Gasteiger partial charge < -0.3 is 15.0 Å². The number of nitrogens with zero attached hydrogens (tertiary/aromatic N) is 3. The molecule has 142 valence electrons. The fourth-order valence-corrected chi connectivity index (χ4v) is 5.01. The van der Waals surface area contributed by atoms with Crippen molar-refractivity contribution in [2.24, 2.45) is 24.8 Å². The number of carbonyl (C=O) groups is 2. The van der Waals surface area contributed by atoms with Crippen LogP contribution in [0, 0.1) is 17.8 Å². The van der Waals surface area contributed by atoms with Crippen LogP contribution in [0.4, 0.5) is 0 Å². The maximum Gasteiger partial charge on any atom is 0.274 e. The minimum atomic E-state index is -0.142. The van der Waals surface area contributed by atoms with Crippen LogP contribution in [0.3, 0.4) is 0 Å². The fourth-order valence-electron chi connectivity index (χ4n) is 5.01. The standard InChI is InChI=1S/C19H28N4O3/c1-12(15-10-13-3-4-14(15)9-13)20-18(24)17-11-16(21-22(17)2)19(25)23-5-7-26-8-6-23/h11-15H,3-10H2,1-2H3,(H,20,24)/t12-,13+,14+,15-/m1/s1. The van der Waals surface area contributed by atoms with Crippen molar-refractivity contribution in [1.82, 2.24) is 20.0 Å². The highest BCUT2D eigenvalue weighted by atomic mass is 16.5. The van der Waals surface area contributed by atoms with Crippen molar-refractivity contribution in [2.45, 2.75) is 38.6 Å². The SMILES string of the molecule is C[C@@H](NC(=O)c1cc(C(=O)N2CCOCC2)nn1C)[C@H]1C[C@H]2CC[C@H]1C2. The highest BCUT2D eigenvalue weighted by Gasteiger charge is 2.42. The molecule has 1 aromatic rings. The topological polar surface area (TPSA) is 76.5 Å². The fraction of sp³-hybridized carbons (Fsp3) is 0.737. The van der Waals surface area contributed by atoms with Crippen molar-refractivity contribution < 1.29 is 14.3 Å². The van der Waals surface area contributed by atoms with Crippen LogP contribution in [0.1, 0.15) is 53.6 Å². The Morgan fingerprint density at radius 3 is 2.69 bits per heavy atom. The number of aryl methyl sites for hydroxylation is 1. The molecule has 2 heterocycles. The third-order valence-electron chi connectivity index (χ3n) is 6.42. The minimum Gasteiger partial charge on any atom is -0.378 e. The zero-order valence-corrected chi connectivity index (χ0v) is 15.6. The molecule has 4 atom stereocenters. The van der Waals surface area contributed by atoms with E-state index in [0.717, 1.165) is 11.8 Å². The van der Waals surface area contributed by atoms with Gasteiger partial charge in [0, 0.05) is 32.2 Å². The van der Waals surface area contributed by atoms with Crippen LogP contribution in [0.5, 0.6) is 0 Å². The second kappa shape index (κ2) is 7.02. The van der Waals surface area contributed by atoms with Gasteiger partial charge in [-0.15, -0.1) is 0 Å². The molecule has 2 amide bonds. The lowest BCUT2D eigenvalue weighted by molar-refractivity contribution is 0.0298. The molecule has 0 radical (unpaired) electrons. The number of hydrogen-bond donors (Lipinski definition) is 1. The van der Waals surface area contributed by atoms with Gasteiger partial charge in [0.15, 0.2) is 5.69 Å². The molecule has 3 fully saturated rings. The first-order chi connectivity index (χ1) is 12.5. The van der Waals surface area contributed by atoms with E-state index in [0.29, 0.717) is 43.6 Å². The number of amides is 2. The van der Waals surface area contributed by atoms with Crippen molar-refractivity contribution in [3.05, 3.63) is 17.5 Å². The molecular formula is C19H28N4O3. The van der Waals surface area contributed by atoms with E-state index < -0.39 is 0 Å². The van der Waals surface area contributed by atoms with Gasteiger partial charge in [-0.1, -0.05) is 6.42 Å². The Hall–Kier alpha value is -1.89. The average molecular weight is 360 g/mol. The first-order valence-corrected chi connectivity index (χ1v) is 9.75. The largest absolute Gasteiger partial charge is 0.378 e. The highest BCUT2D eigenvalue weighted by molar-refractivity contribution is 5.98. The molecular weight excluding hydrogens is 332 g/mol. The Morgan fingerprint density at radius 2 is 2.04 bits per heavy atom. The minimum absolute atomic E-state index is 0.135. The number of nitrogens with one attached hydrogen (secondary N) is 1. The van der Waals surface area contributed by atoms with Crippen molar-refractivity contribution in [3.63, 3.8) is 0 Å². The smallest absolute Gasteiger partial charge is 0.274 e. The Labute approximate surface area is 154 Å². The number of hydrogen-bond acceptors (Lipinski definition) is 4. The van der Waals surface area contributed by atoms with Gasteiger partial charge in [0.1, 0.15) is 5.69 Å². The maximum atomic E-state index is 12.7. The number of fused-ring (bicyclic) bond motifs is 2. The summed E-state index contributed by atoms with van der Waals surface area (Å²) >= 11 is 0. The number of carbonyl (C=O) groups excluding carboxylic acids is 2. The quantitative estimate of drug-likeness (QED) is 0.882. The normalized spacial score (nSPS) is 29.0. The van der Waals surface area contributed by atoms with E-state index in [-0.39, 0.29) is 17.9 Å². The summed E-state index contributed by atoms with van der Waals surface area (Å²) in [6.07, 6.45) is 5.23. The molecule has 1 aromatic heterocycles. The van der Waals surface area contributed by atoms with Crippen LogP contribution >= 0.6 is 0 Å². The molecule has 7 nitrogen and oxygen atoms in total. The van der Waals surface area contributed by atoms with Crippen LogP contribution in [0.2, 0.25) is 0 Å². The predicted octanol–water partition coefficient (Wildman–Crippen LogP) is 1.45. The van der Waals surface area contributed by atoms with Gasteiger partial charge in [-0.3, -0.25) is 14.3 Å². The molecule has 1 saturated heterocycles. The highest BCUT2D eigenvalue weighted by Crippen LogP contribution is 2.49. The molecule has 4 rings (SSSR count). The van der Waals surface area contributed by atoms with Crippen molar-refractivity contribution in [3.8, 4) is 0 Å². The van der Waals surface area contributed by atoms with Crippen molar-refractivity contribution >= 4 is 11.8 Å². The molecule has 2 aliphatic carbocycles. The molecule has 0 aromatic carbocycles. The van der Waals surface area contributed by atoms with E-state index in [9.17, 15) is 9.59 Å². The summed E-state index contributed by atoms with van der Waals surface area (Å²) < 4.78 is 6.79. The summed E-state index contributed by atoms with van der Waals surface area (Å²) in [5.41, 5.74) is 0.767. The molecule has 0 spiro atoms. The zero-order valence-electron chi connectivity index (χ0n) is 15.6. The van der Waals surface area contributed by atoms with Crippen LogP contribution in [-0.2, 0) is 11.8 Å². The molecule has 2 bridgehead atoms. The molecule has 0 unspecified atom stereocenters. The Morgan fingerprint density at radius 1 is 1.27 bits per heavy atom. The second-order valence-electron chi connectivity index (χ2n) is 8.04. The van der Waals surface area contributed by atoms with Crippen molar-refractivity contribution in [1.29, 1.82) is 0 Å². The number of rotatable bonds is 4. The lowest BCUT2D eigenvalue weighted by Crippen LogP contribution is -2.41. The van der Waals surface area contributed by atoms with Gasteiger partial charge in [0.05, 0.1) is 13.2 Å². The monoisotopic (exact) mass is 360 g/mol. The summed E-state index contributed by atoms with van der Waals surface area (Å²) in [5, 5.41) is 7.42. The number of morpholine rings is 1. The number of aromatic nitrogens is 2. The second-order valence-corrected chi connectivity index (χ2v) is 8.04. The molecule has 3 aliphatic rings. The van der Waals surface area contributed by atoms with Gasteiger partial charge in [0.25, 0.3) is 11.8 Å². The van der Waals surface area contributed by atoms with E-state index in [2.05, 4.69) is 17.3 Å². The van der Waals surface area contributed by atoms with E-state index >= 15 is 0 Å². The summed E-state index contributed by atoms with van der Waals surface area (Å²) in [4.78, 5) is 27.0. The van der Waals surface area contributed by atoms with E-state index in [1.54, 1.807) is 18.0 Å². The van der Waals surface area contributed by atoms with Crippen LogP contribution < -0.4 is 5.32 Å². The van der Waals surface area contributed by atoms with Gasteiger partial charge in [0.2, 0.25) is 0 Å². The van der Waals surface area contributed by atoms with Crippen LogP contribution in [0.15, 0.2) is 6.07 Å². The zero-order chi connectivity index (χ0) is 18.3. The first-order valence-electron chi connectivity index (χ1n) is 9.75. The maximum absolute atomic E-state index is 12.7. The van der Waals surface area contributed by atoms with Gasteiger partial charge in [-0.2, -0.15) is 5.10 Å². The lowest BCUT2D eigenvalue weighted by atomic mass is 9.84.